The smallest absolute Gasteiger partial charge is 0.293 e. The fourth-order valence-electron chi connectivity index (χ4n) is 2.58. The normalized spacial score (nSPS) is 10.7. The van der Waals surface area contributed by atoms with Crippen molar-refractivity contribution in [2.24, 2.45) is 0 Å². The van der Waals surface area contributed by atoms with Gasteiger partial charge in [0.2, 0.25) is 0 Å². The average Bonchev–Trinajstić information content (AvgIpc) is 3.43. The molecule has 0 atom stereocenters. The van der Waals surface area contributed by atoms with Crippen molar-refractivity contribution in [1.82, 2.24) is 9.97 Å². The zero-order valence-corrected chi connectivity index (χ0v) is 17.7. The molecule has 7 nitrogen and oxygen atoms in total. The molecule has 3 heterocycles. The van der Waals surface area contributed by atoms with E-state index >= 15 is 0 Å². The number of rotatable bonds is 6. The number of carbonyl (C=O) groups excluding carboxylic acids is 1. The van der Waals surface area contributed by atoms with Gasteiger partial charge in [-0.1, -0.05) is 22.9 Å². The van der Waals surface area contributed by atoms with E-state index in [4.69, 9.17) is 20.8 Å². The molecule has 3 aromatic heterocycles. The molecular weight excluding hydrogens is 432 g/mol. The van der Waals surface area contributed by atoms with Crippen LogP contribution in [0.5, 0.6) is 5.75 Å². The highest BCUT2D eigenvalue weighted by Gasteiger charge is 2.17. The molecular formula is C19H15ClN4O3S2. The summed E-state index contributed by atoms with van der Waals surface area (Å²) in [6, 6.07) is 8.59. The molecule has 4 rings (SSSR count). The second kappa shape index (κ2) is 8.24. The first-order chi connectivity index (χ1) is 14.0. The first-order valence-corrected chi connectivity index (χ1v) is 10.5. The third-order valence-electron chi connectivity index (χ3n) is 3.90. The maximum absolute atomic E-state index is 12.1. The molecule has 0 aliphatic carbocycles. The van der Waals surface area contributed by atoms with Crippen LogP contribution in [-0.2, 0) is 0 Å². The first-order valence-electron chi connectivity index (χ1n) is 8.42. The van der Waals surface area contributed by atoms with Gasteiger partial charge < -0.3 is 14.5 Å². The quantitative estimate of drug-likeness (QED) is 0.387. The van der Waals surface area contributed by atoms with Crippen molar-refractivity contribution in [2.75, 3.05) is 17.7 Å². The highest BCUT2D eigenvalue weighted by Crippen LogP contribution is 2.37. The Kier molecular flexibility index (Phi) is 5.52. The molecule has 4 aromatic rings. The largest absolute Gasteiger partial charge is 0.495 e. The topological polar surface area (TPSA) is 89.3 Å². The maximum Gasteiger partial charge on any atom is 0.293 e. The molecule has 0 fully saturated rings. The fourth-order valence-corrected chi connectivity index (χ4v) is 4.47. The van der Waals surface area contributed by atoms with E-state index in [2.05, 4.69) is 20.6 Å². The lowest BCUT2D eigenvalue weighted by atomic mass is 10.3. The highest BCUT2D eigenvalue weighted by atomic mass is 35.5. The van der Waals surface area contributed by atoms with Crippen LogP contribution in [-0.4, -0.2) is 23.0 Å². The Balaban J connectivity index is 1.53. The van der Waals surface area contributed by atoms with Crippen LogP contribution in [0.1, 0.15) is 16.2 Å². The van der Waals surface area contributed by atoms with Gasteiger partial charge in [-0.15, -0.1) is 11.3 Å². The Hall–Kier alpha value is -2.88. The highest BCUT2D eigenvalue weighted by molar-refractivity contribution is 7.20. The van der Waals surface area contributed by atoms with E-state index in [1.807, 2.05) is 12.3 Å². The molecule has 1 aromatic carbocycles. The molecule has 0 saturated carbocycles. The summed E-state index contributed by atoms with van der Waals surface area (Å²) >= 11 is 8.89. The zero-order chi connectivity index (χ0) is 20.4. The van der Waals surface area contributed by atoms with Crippen LogP contribution < -0.4 is 15.4 Å². The number of hydrogen-bond acceptors (Lipinski definition) is 8. The number of anilines is 3. The van der Waals surface area contributed by atoms with Crippen molar-refractivity contribution in [3.8, 4) is 16.3 Å². The number of methoxy groups -OCH3 is 1. The number of aromatic nitrogens is 2. The minimum absolute atomic E-state index is 0.231. The number of aryl methyl sites for hydroxylation is 1. The number of thiazole rings is 2. The van der Waals surface area contributed by atoms with Gasteiger partial charge in [-0.25, -0.2) is 9.97 Å². The molecule has 0 unspecified atom stereocenters. The van der Waals surface area contributed by atoms with E-state index < -0.39 is 0 Å². The molecule has 10 heteroatoms. The lowest BCUT2D eigenvalue weighted by Crippen LogP contribution is -2.10. The van der Waals surface area contributed by atoms with Crippen LogP contribution in [0.4, 0.5) is 16.0 Å². The number of ether oxygens (including phenoxy) is 1. The number of amides is 1. The summed E-state index contributed by atoms with van der Waals surface area (Å²) in [6.45, 7) is 1.88. The van der Waals surface area contributed by atoms with Gasteiger partial charge in [0.15, 0.2) is 16.0 Å². The Morgan fingerprint density at radius 1 is 1.24 bits per heavy atom. The van der Waals surface area contributed by atoms with E-state index in [1.54, 1.807) is 37.4 Å². The number of furan rings is 1. The van der Waals surface area contributed by atoms with E-state index in [9.17, 15) is 4.79 Å². The summed E-state index contributed by atoms with van der Waals surface area (Å²) in [5.74, 6) is 0.557. The second-order valence-corrected chi connectivity index (χ2v) is 8.17. The Bertz CT molecular complexity index is 1150. The molecule has 29 heavy (non-hydrogen) atoms. The third kappa shape index (κ3) is 4.26. The van der Waals surface area contributed by atoms with Gasteiger partial charge >= 0.3 is 0 Å². The van der Waals surface area contributed by atoms with Gasteiger partial charge in [0.1, 0.15) is 5.75 Å². The fraction of sp³-hybridized carbons (Fsp3) is 0.105. The maximum atomic E-state index is 12.1. The summed E-state index contributed by atoms with van der Waals surface area (Å²) < 4.78 is 10.5. The van der Waals surface area contributed by atoms with Crippen molar-refractivity contribution >= 4 is 56.1 Å². The molecule has 2 N–H and O–H groups in total. The van der Waals surface area contributed by atoms with Gasteiger partial charge in [0.25, 0.3) is 5.91 Å². The number of halogens is 1. The molecule has 148 valence electrons. The monoisotopic (exact) mass is 446 g/mol. The summed E-state index contributed by atoms with van der Waals surface area (Å²) in [5, 5.41) is 9.68. The minimum Gasteiger partial charge on any atom is -0.495 e. The van der Waals surface area contributed by atoms with Gasteiger partial charge in [0.05, 0.1) is 35.3 Å². The number of hydrogen-bond donors (Lipinski definition) is 2. The van der Waals surface area contributed by atoms with Crippen LogP contribution in [0.25, 0.3) is 10.6 Å². The Labute approximate surface area is 179 Å². The molecule has 1 amide bonds. The van der Waals surface area contributed by atoms with E-state index in [0.29, 0.717) is 21.0 Å². The van der Waals surface area contributed by atoms with Gasteiger partial charge in [-0.2, -0.15) is 0 Å². The number of carbonyl (C=O) groups is 1. The van der Waals surface area contributed by atoms with E-state index in [0.717, 1.165) is 22.0 Å². The van der Waals surface area contributed by atoms with Crippen molar-refractivity contribution < 1.29 is 13.9 Å². The van der Waals surface area contributed by atoms with Crippen molar-refractivity contribution in [3.05, 3.63) is 58.5 Å². The second-order valence-electron chi connectivity index (χ2n) is 5.87. The van der Waals surface area contributed by atoms with Crippen LogP contribution in [0.2, 0.25) is 5.02 Å². The summed E-state index contributed by atoms with van der Waals surface area (Å²) in [7, 11) is 1.60. The zero-order valence-electron chi connectivity index (χ0n) is 15.4. The Morgan fingerprint density at radius 3 is 2.86 bits per heavy atom. The van der Waals surface area contributed by atoms with Gasteiger partial charge in [-0.3, -0.25) is 10.1 Å². The molecule has 0 spiro atoms. The van der Waals surface area contributed by atoms with Crippen molar-refractivity contribution in [1.29, 1.82) is 0 Å². The summed E-state index contributed by atoms with van der Waals surface area (Å²) in [6.07, 6.45) is 1.45. The van der Waals surface area contributed by atoms with Gasteiger partial charge in [-0.05, 0) is 37.3 Å². The third-order valence-corrected chi connectivity index (χ3v) is 5.99. The molecule has 0 bridgehead atoms. The summed E-state index contributed by atoms with van der Waals surface area (Å²) in [5.41, 5.74) is 2.28. The lowest BCUT2D eigenvalue weighted by Gasteiger charge is -2.09. The molecule has 0 aliphatic heterocycles. The van der Waals surface area contributed by atoms with Crippen molar-refractivity contribution in [2.45, 2.75) is 6.92 Å². The SMILES string of the molecule is COc1ccc(Cl)cc1Nc1nc(-c2sc(NC(=O)c3ccco3)nc2C)cs1. The standard InChI is InChI=1S/C19H15ClN4O3S2/c1-10-16(29-19(21-10)24-17(25)15-4-3-7-27-15)13-9-28-18(23-13)22-12-8-11(20)5-6-14(12)26-2/h3-9H,1-2H3,(H,22,23)(H,21,24,25). The number of nitrogens with one attached hydrogen (secondary N) is 2. The minimum atomic E-state index is -0.344. The van der Waals surface area contributed by atoms with Gasteiger partial charge in [0, 0.05) is 10.4 Å². The van der Waals surface area contributed by atoms with Crippen LogP contribution in [0.15, 0.2) is 46.4 Å². The van der Waals surface area contributed by atoms with Crippen LogP contribution in [0.3, 0.4) is 0 Å². The first kappa shape index (κ1) is 19.4. The van der Waals surface area contributed by atoms with Crippen molar-refractivity contribution in [3.63, 3.8) is 0 Å². The molecule has 0 saturated heterocycles. The molecule has 0 radical (unpaired) electrons. The number of nitrogens with zero attached hydrogens (tertiary/aromatic N) is 2. The summed E-state index contributed by atoms with van der Waals surface area (Å²) in [4.78, 5) is 22.1. The van der Waals surface area contributed by atoms with E-state index in [1.165, 1.54) is 28.9 Å². The number of benzene rings is 1. The van der Waals surface area contributed by atoms with Crippen LogP contribution in [0, 0.1) is 6.92 Å². The Morgan fingerprint density at radius 2 is 2.10 bits per heavy atom. The van der Waals surface area contributed by atoms with E-state index in [-0.39, 0.29) is 11.7 Å². The lowest BCUT2D eigenvalue weighted by molar-refractivity contribution is 0.0996. The average molecular weight is 447 g/mol. The molecule has 0 aliphatic rings. The van der Waals surface area contributed by atoms with Crippen LogP contribution >= 0.6 is 34.3 Å². The predicted molar refractivity (Wildman–Crippen MR) is 116 cm³/mol. The predicted octanol–water partition coefficient (Wildman–Crippen LogP) is 5.83.